The van der Waals surface area contributed by atoms with Crippen LogP contribution in [-0.2, 0) is 14.3 Å². The van der Waals surface area contributed by atoms with Gasteiger partial charge in [-0.05, 0) is 32.9 Å². The molecule has 2 N–H and O–H groups in total. The summed E-state index contributed by atoms with van der Waals surface area (Å²) in [4.78, 5) is 25.6. The summed E-state index contributed by atoms with van der Waals surface area (Å²) in [5, 5.41) is 12.5. The van der Waals surface area contributed by atoms with E-state index in [2.05, 4.69) is 5.32 Å². The van der Waals surface area contributed by atoms with Crippen LogP contribution in [0.1, 0.15) is 29.5 Å². The van der Waals surface area contributed by atoms with Gasteiger partial charge in [-0.1, -0.05) is 0 Å². The lowest BCUT2D eigenvalue weighted by molar-refractivity contribution is -0.136. The number of esters is 1. The number of carboxylic acid groups (broad SMARTS) is 1. The average molecular weight is 307 g/mol. The van der Waals surface area contributed by atoms with Gasteiger partial charge in [0.05, 0.1) is 24.2 Å². The molecule has 0 bridgehead atoms. The molecule has 0 amide bonds. The minimum atomic E-state index is -1.04. The molecule has 1 atom stereocenters. The van der Waals surface area contributed by atoms with Crippen LogP contribution in [0.3, 0.4) is 0 Å². The Balaban J connectivity index is 2.66. The fourth-order valence-electron chi connectivity index (χ4n) is 2.55. The first-order valence-corrected chi connectivity index (χ1v) is 7.25. The Morgan fingerprint density at radius 1 is 1.19 bits per heavy atom. The summed E-state index contributed by atoms with van der Waals surface area (Å²) in [6.07, 6.45) is 0. The van der Waals surface area contributed by atoms with Crippen molar-refractivity contribution in [2.45, 2.75) is 26.7 Å². The molecule has 1 aliphatic heterocycles. The van der Waals surface area contributed by atoms with Crippen molar-refractivity contribution in [3.05, 3.63) is 44.4 Å². The highest BCUT2D eigenvalue weighted by Crippen LogP contribution is 2.41. The van der Waals surface area contributed by atoms with Crippen molar-refractivity contribution in [1.29, 1.82) is 0 Å². The summed E-state index contributed by atoms with van der Waals surface area (Å²) in [5.74, 6) is -2.15. The van der Waals surface area contributed by atoms with E-state index in [1.165, 1.54) is 18.4 Å². The third-order valence-corrected chi connectivity index (χ3v) is 4.51. The number of hydrogen-bond acceptors (Lipinski definition) is 5. The van der Waals surface area contributed by atoms with Crippen molar-refractivity contribution < 1.29 is 19.4 Å². The Morgan fingerprint density at radius 2 is 1.81 bits per heavy atom. The molecule has 2 heterocycles. The van der Waals surface area contributed by atoms with E-state index in [1.54, 1.807) is 13.8 Å². The molecule has 6 heteroatoms. The molecule has 1 aliphatic rings. The molecule has 0 aliphatic carbocycles. The number of carbonyl (C=O) groups excluding carboxylic acids is 1. The Labute approximate surface area is 126 Å². The fraction of sp³-hybridized carbons (Fsp3) is 0.333. The zero-order valence-corrected chi connectivity index (χ0v) is 13.1. The van der Waals surface area contributed by atoms with Crippen LogP contribution < -0.4 is 5.32 Å². The van der Waals surface area contributed by atoms with Crippen molar-refractivity contribution in [1.82, 2.24) is 5.32 Å². The van der Waals surface area contributed by atoms with Crippen LogP contribution in [0.25, 0.3) is 0 Å². The maximum absolute atomic E-state index is 12.1. The third-order valence-electron chi connectivity index (χ3n) is 3.44. The summed E-state index contributed by atoms with van der Waals surface area (Å²) in [7, 11) is 1.30. The number of carbonyl (C=O) groups is 2. The van der Waals surface area contributed by atoms with Crippen molar-refractivity contribution in [3.8, 4) is 0 Å². The first-order chi connectivity index (χ1) is 9.86. The first-order valence-electron chi connectivity index (χ1n) is 6.43. The molecule has 1 aromatic heterocycles. The Hall–Kier alpha value is -2.08. The van der Waals surface area contributed by atoms with Crippen LogP contribution in [-0.4, -0.2) is 24.2 Å². The summed E-state index contributed by atoms with van der Waals surface area (Å²) in [6, 6.07) is 3.78. The number of rotatable bonds is 3. The summed E-state index contributed by atoms with van der Waals surface area (Å²) in [5.41, 5.74) is 1.70. The summed E-state index contributed by atoms with van der Waals surface area (Å²) >= 11 is 1.48. The number of dihydropyridines is 1. The van der Waals surface area contributed by atoms with Gasteiger partial charge in [0.2, 0.25) is 0 Å². The normalized spacial score (nSPS) is 18.6. The molecule has 5 nitrogen and oxygen atoms in total. The molecule has 0 radical (unpaired) electrons. The van der Waals surface area contributed by atoms with Crippen molar-refractivity contribution >= 4 is 23.3 Å². The standard InChI is InChI=1S/C15H17NO4S/c1-7-5-6-10(21-7)13-11(14(17)18)8(2)16-9(3)12(13)15(19)20-4/h5-6,13,16H,1-4H3,(H,17,18). The van der Waals surface area contributed by atoms with Crippen LogP contribution in [0.4, 0.5) is 0 Å². The number of aryl methyl sites for hydroxylation is 1. The number of allylic oxidation sites excluding steroid dienone is 2. The second-order valence-electron chi connectivity index (χ2n) is 4.88. The van der Waals surface area contributed by atoms with Gasteiger partial charge in [0, 0.05) is 21.1 Å². The number of aliphatic carboxylic acids is 1. The molecule has 0 aromatic carbocycles. The number of thiophene rings is 1. The van der Waals surface area contributed by atoms with Gasteiger partial charge in [-0.15, -0.1) is 11.3 Å². The SMILES string of the molecule is COC(=O)C1=C(C)NC(C)=C(C(=O)O)C1c1ccc(C)s1. The zero-order chi connectivity index (χ0) is 15.7. The highest BCUT2D eigenvalue weighted by atomic mass is 32.1. The van der Waals surface area contributed by atoms with Gasteiger partial charge in [-0.2, -0.15) is 0 Å². The third kappa shape index (κ3) is 2.71. The minimum absolute atomic E-state index is 0.183. The van der Waals surface area contributed by atoms with Crippen LogP contribution in [0, 0.1) is 6.92 Å². The molecular weight excluding hydrogens is 290 g/mol. The van der Waals surface area contributed by atoms with E-state index in [0.717, 1.165) is 9.75 Å². The molecule has 112 valence electrons. The lowest BCUT2D eigenvalue weighted by Gasteiger charge is -2.28. The minimum Gasteiger partial charge on any atom is -0.478 e. The smallest absolute Gasteiger partial charge is 0.336 e. The van der Waals surface area contributed by atoms with Crippen LogP contribution in [0.5, 0.6) is 0 Å². The van der Waals surface area contributed by atoms with Gasteiger partial charge in [-0.3, -0.25) is 0 Å². The van der Waals surface area contributed by atoms with Gasteiger partial charge < -0.3 is 15.2 Å². The molecule has 0 saturated carbocycles. The maximum Gasteiger partial charge on any atom is 0.336 e. The Bertz CT molecular complexity index is 669. The zero-order valence-electron chi connectivity index (χ0n) is 12.3. The van der Waals surface area contributed by atoms with E-state index in [-0.39, 0.29) is 5.57 Å². The van der Waals surface area contributed by atoms with Gasteiger partial charge in [0.25, 0.3) is 0 Å². The number of ether oxygens (including phenoxy) is 1. The molecule has 0 fully saturated rings. The highest BCUT2D eigenvalue weighted by molar-refractivity contribution is 7.12. The molecule has 1 aromatic rings. The summed E-state index contributed by atoms with van der Waals surface area (Å²) in [6.45, 7) is 5.40. The molecule has 0 saturated heterocycles. The molecular formula is C15H17NO4S. The number of carboxylic acids is 1. The van der Waals surface area contributed by atoms with E-state index in [0.29, 0.717) is 17.0 Å². The monoisotopic (exact) mass is 307 g/mol. The maximum atomic E-state index is 12.1. The van der Waals surface area contributed by atoms with E-state index >= 15 is 0 Å². The van der Waals surface area contributed by atoms with Crippen molar-refractivity contribution in [2.75, 3.05) is 7.11 Å². The second-order valence-corrected chi connectivity index (χ2v) is 6.20. The molecule has 0 spiro atoms. The Morgan fingerprint density at radius 3 is 2.29 bits per heavy atom. The largest absolute Gasteiger partial charge is 0.478 e. The van der Waals surface area contributed by atoms with Gasteiger partial charge in [0.15, 0.2) is 0 Å². The van der Waals surface area contributed by atoms with E-state index in [1.807, 2.05) is 19.1 Å². The predicted molar refractivity (Wildman–Crippen MR) is 80.0 cm³/mol. The van der Waals surface area contributed by atoms with Crippen molar-refractivity contribution in [2.24, 2.45) is 0 Å². The van der Waals surface area contributed by atoms with Crippen LogP contribution in [0.15, 0.2) is 34.7 Å². The number of methoxy groups -OCH3 is 1. The average Bonchev–Trinajstić information content (AvgIpc) is 2.83. The molecule has 21 heavy (non-hydrogen) atoms. The lowest BCUT2D eigenvalue weighted by Crippen LogP contribution is -2.31. The number of hydrogen-bond donors (Lipinski definition) is 2. The van der Waals surface area contributed by atoms with Gasteiger partial charge in [0.1, 0.15) is 0 Å². The van der Waals surface area contributed by atoms with E-state index in [4.69, 9.17) is 4.74 Å². The quantitative estimate of drug-likeness (QED) is 0.839. The van der Waals surface area contributed by atoms with Crippen LogP contribution >= 0.6 is 11.3 Å². The van der Waals surface area contributed by atoms with E-state index in [9.17, 15) is 14.7 Å². The van der Waals surface area contributed by atoms with Crippen LogP contribution in [0.2, 0.25) is 0 Å². The van der Waals surface area contributed by atoms with E-state index < -0.39 is 17.9 Å². The number of nitrogens with one attached hydrogen (secondary N) is 1. The lowest BCUT2D eigenvalue weighted by atomic mass is 9.84. The second kappa shape index (κ2) is 5.73. The molecule has 2 rings (SSSR count). The topological polar surface area (TPSA) is 75.6 Å². The molecule has 1 unspecified atom stereocenters. The van der Waals surface area contributed by atoms with Gasteiger partial charge >= 0.3 is 11.9 Å². The van der Waals surface area contributed by atoms with Crippen molar-refractivity contribution in [3.63, 3.8) is 0 Å². The van der Waals surface area contributed by atoms with Gasteiger partial charge in [-0.25, -0.2) is 9.59 Å². The summed E-state index contributed by atoms with van der Waals surface area (Å²) < 4.78 is 4.83. The fourth-order valence-corrected chi connectivity index (χ4v) is 3.55. The Kier molecular flexibility index (Phi) is 4.18. The predicted octanol–water partition coefficient (Wildman–Crippen LogP) is 2.55. The highest BCUT2D eigenvalue weighted by Gasteiger charge is 2.37. The first kappa shape index (κ1) is 15.3.